The van der Waals surface area contributed by atoms with E-state index in [1.54, 1.807) is 12.4 Å². The van der Waals surface area contributed by atoms with Gasteiger partial charge in [0.25, 0.3) is 5.91 Å². The van der Waals surface area contributed by atoms with E-state index < -0.39 is 6.10 Å². The lowest BCUT2D eigenvalue weighted by molar-refractivity contribution is -0.144. The lowest BCUT2D eigenvalue weighted by Crippen LogP contribution is -2.36. The second-order valence-electron chi connectivity index (χ2n) is 7.60. The number of hydrogen-bond acceptors (Lipinski definition) is 6. The van der Waals surface area contributed by atoms with Gasteiger partial charge in [0.15, 0.2) is 11.8 Å². The van der Waals surface area contributed by atoms with Crippen molar-refractivity contribution >= 4 is 17.1 Å². The van der Waals surface area contributed by atoms with E-state index in [2.05, 4.69) is 16.0 Å². The van der Waals surface area contributed by atoms with Crippen molar-refractivity contribution in [3.63, 3.8) is 0 Å². The zero-order valence-electron chi connectivity index (χ0n) is 16.2. The highest BCUT2D eigenvalue weighted by molar-refractivity contribution is 5.83. The van der Waals surface area contributed by atoms with Crippen molar-refractivity contribution in [1.82, 2.24) is 24.6 Å². The number of likely N-dealkylation sites (tertiary alicyclic amines) is 1. The summed E-state index contributed by atoms with van der Waals surface area (Å²) in [5, 5.41) is 4.75. The lowest BCUT2D eigenvalue weighted by Gasteiger charge is -2.28. The van der Waals surface area contributed by atoms with E-state index in [9.17, 15) is 4.79 Å². The summed E-state index contributed by atoms with van der Waals surface area (Å²) in [5.74, 6) is 0.174. The predicted octanol–water partition coefficient (Wildman–Crippen LogP) is 1.41. The molecule has 0 spiro atoms. The minimum Gasteiger partial charge on any atom is -0.363 e. The number of nitrogens with zero attached hydrogens (tertiary/aromatic N) is 5. The summed E-state index contributed by atoms with van der Waals surface area (Å²) in [6.45, 7) is 2.97. The molecule has 3 aromatic rings. The highest BCUT2D eigenvalue weighted by atomic mass is 16.5. The van der Waals surface area contributed by atoms with Crippen LogP contribution < -0.4 is 5.73 Å². The molecule has 2 aromatic heterocycles. The van der Waals surface area contributed by atoms with Gasteiger partial charge < -0.3 is 15.4 Å². The number of nitrogens with two attached hydrogens (primary N) is 1. The molecule has 2 atom stereocenters. The summed E-state index contributed by atoms with van der Waals surface area (Å²) in [6.07, 6.45) is 4.55. The summed E-state index contributed by atoms with van der Waals surface area (Å²) in [7, 11) is 0. The first kappa shape index (κ1) is 18.2. The fourth-order valence-electron chi connectivity index (χ4n) is 4.43. The van der Waals surface area contributed by atoms with Crippen molar-refractivity contribution in [1.29, 1.82) is 0 Å². The lowest BCUT2D eigenvalue weighted by atomic mass is 9.97. The Bertz CT molecular complexity index is 1050. The van der Waals surface area contributed by atoms with Gasteiger partial charge in [-0.05, 0) is 24.0 Å². The Morgan fingerprint density at radius 2 is 2.10 bits per heavy atom. The van der Waals surface area contributed by atoms with Gasteiger partial charge in [0.1, 0.15) is 5.52 Å². The molecule has 0 aliphatic carbocycles. The van der Waals surface area contributed by atoms with Crippen molar-refractivity contribution in [2.75, 3.05) is 26.2 Å². The molecule has 4 heterocycles. The molecule has 8 heteroatoms. The zero-order valence-corrected chi connectivity index (χ0v) is 16.2. The highest BCUT2D eigenvalue weighted by Crippen LogP contribution is 2.34. The number of ether oxygens (including phenoxy) is 1. The number of amides is 1. The number of benzene rings is 1. The van der Waals surface area contributed by atoms with E-state index in [0.29, 0.717) is 32.8 Å². The van der Waals surface area contributed by atoms with Gasteiger partial charge in [0.2, 0.25) is 0 Å². The Hall–Kier alpha value is -2.84. The number of fused-ring (bicyclic) bond motifs is 2. The maximum Gasteiger partial charge on any atom is 0.256 e. The van der Waals surface area contributed by atoms with Crippen LogP contribution in [0.3, 0.4) is 0 Å². The molecule has 2 N–H and O–H groups in total. The molecule has 2 aliphatic heterocycles. The SMILES string of the molecule is NCCn1nc(C2CCN(C(=O)C3OCCc4ccccc43)C2)c2nccnc21. The first-order valence-electron chi connectivity index (χ1n) is 10.1. The molecule has 5 rings (SSSR count). The Morgan fingerprint density at radius 3 is 3.00 bits per heavy atom. The van der Waals surface area contributed by atoms with Crippen LogP contribution in [-0.2, 0) is 22.5 Å². The van der Waals surface area contributed by atoms with Gasteiger partial charge in [-0.3, -0.25) is 4.79 Å². The molecule has 0 saturated carbocycles. The minimum atomic E-state index is -0.509. The molecule has 2 aliphatic rings. The molecule has 1 aromatic carbocycles. The first-order chi connectivity index (χ1) is 14.3. The van der Waals surface area contributed by atoms with Gasteiger partial charge in [-0.1, -0.05) is 24.3 Å². The third kappa shape index (κ3) is 3.18. The average Bonchev–Trinajstić information content (AvgIpc) is 3.39. The fourth-order valence-corrected chi connectivity index (χ4v) is 4.43. The van der Waals surface area contributed by atoms with E-state index in [0.717, 1.165) is 35.3 Å². The molecule has 0 bridgehead atoms. The number of aromatic nitrogens is 4. The molecule has 8 nitrogen and oxygen atoms in total. The van der Waals surface area contributed by atoms with E-state index in [-0.39, 0.29) is 11.8 Å². The van der Waals surface area contributed by atoms with Crippen LogP contribution in [0.2, 0.25) is 0 Å². The number of carbonyl (C=O) groups excluding carboxylic acids is 1. The van der Waals surface area contributed by atoms with Crippen LogP contribution in [0.25, 0.3) is 11.2 Å². The van der Waals surface area contributed by atoms with Crippen LogP contribution in [0.4, 0.5) is 0 Å². The maximum absolute atomic E-state index is 13.2. The second kappa shape index (κ2) is 7.53. The zero-order chi connectivity index (χ0) is 19.8. The molecule has 150 valence electrons. The highest BCUT2D eigenvalue weighted by Gasteiger charge is 2.36. The fraction of sp³-hybridized carbons (Fsp3) is 0.429. The summed E-state index contributed by atoms with van der Waals surface area (Å²) < 4.78 is 7.70. The van der Waals surface area contributed by atoms with Crippen molar-refractivity contribution in [3.05, 3.63) is 53.5 Å². The Kier molecular flexibility index (Phi) is 4.73. The monoisotopic (exact) mass is 392 g/mol. The standard InChI is InChI=1S/C21H24N6O2/c22-7-11-27-20-18(23-8-9-24-20)17(25-27)15-5-10-26(13-15)21(28)19-16-4-2-1-3-14(16)6-12-29-19/h1-4,8-9,15,19H,5-7,10-13,22H2. The first-order valence-corrected chi connectivity index (χ1v) is 10.1. The molecular formula is C21H24N6O2. The van der Waals surface area contributed by atoms with Gasteiger partial charge in [-0.15, -0.1) is 0 Å². The Balaban J connectivity index is 1.39. The predicted molar refractivity (Wildman–Crippen MR) is 107 cm³/mol. The molecule has 1 fully saturated rings. The quantitative estimate of drug-likeness (QED) is 0.721. The Labute approximate surface area is 168 Å². The molecule has 1 saturated heterocycles. The molecule has 1 amide bonds. The summed E-state index contributed by atoms with van der Waals surface area (Å²) in [5.41, 5.74) is 10.4. The summed E-state index contributed by atoms with van der Waals surface area (Å²) in [4.78, 5) is 24.1. The largest absolute Gasteiger partial charge is 0.363 e. The third-order valence-corrected chi connectivity index (χ3v) is 5.84. The van der Waals surface area contributed by atoms with Crippen molar-refractivity contribution in [3.8, 4) is 0 Å². The molecule has 29 heavy (non-hydrogen) atoms. The van der Waals surface area contributed by atoms with Crippen LogP contribution in [0.5, 0.6) is 0 Å². The van der Waals surface area contributed by atoms with Gasteiger partial charge in [0, 0.05) is 37.9 Å². The van der Waals surface area contributed by atoms with Crippen molar-refractivity contribution < 1.29 is 9.53 Å². The smallest absolute Gasteiger partial charge is 0.256 e. The van der Waals surface area contributed by atoms with Gasteiger partial charge >= 0.3 is 0 Å². The van der Waals surface area contributed by atoms with Crippen molar-refractivity contribution in [2.45, 2.75) is 31.4 Å². The number of rotatable bonds is 4. The van der Waals surface area contributed by atoms with E-state index >= 15 is 0 Å². The van der Waals surface area contributed by atoms with Gasteiger partial charge in [-0.2, -0.15) is 5.10 Å². The second-order valence-corrected chi connectivity index (χ2v) is 7.60. The van der Waals surface area contributed by atoms with E-state index in [1.165, 1.54) is 5.56 Å². The van der Waals surface area contributed by atoms with Crippen LogP contribution in [0, 0.1) is 0 Å². The van der Waals surface area contributed by atoms with Crippen LogP contribution in [0.15, 0.2) is 36.7 Å². The van der Waals surface area contributed by atoms with Crippen LogP contribution in [0.1, 0.15) is 35.3 Å². The maximum atomic E-state index is 13.2. The van der Waals surface area contributed by atoms with E-state index in [1.807, 2.05) is 27.8 Å². The number of hydrogen-bond donors (Lipinski definition) is 1. The summed E-state index contributed by atoms with van der Waals surface area (Å²) >= 11 is 0. The molecule has 0 radical (unpaired) electrons. The third-order valence-electron chi connectivity index (χ3n) is 5.84. The van der Waals surface area contributed by atoms with E-state index in [4.69, 9.17) is 15.6 Å². The van der Waals surface area contributed by atoms with Crippen molar-refractivity contribution in [2.24, 2.45) is 5.73 Å². The van der Waals surface area contributed by atoms with Gasteiger partial charge in [-0.25, -0.2) is 14.6 Å². The average molecular weight is 392 g/mol. The summed E-state index contributed by atoms with van der Waals surface area (Å²) in [6, 6.07) is 8.07. The Morgan fingerprint density at radius 1 is 1.24 bits per heavy atom. The minimum absolute atomic E-state index is 0.0384. The normalized spacial score (nSPS) is 21.5. The molecular weight excluding hydrogens is 368 g/mol. The molecule has 2 unspecified atom stereocenters. The number of carbonyl (C=O) groups is 1. The van der Waals surface area contributed by atoms with Crippen LogP contribution in [-0.4, -0.2) is 56.8 Å². The van der Waals surface area contributed by atoms with Gasteiger partial charge in [0.05, 0.1) is 18.8 Å². The topological polar surface area (TPSA) is 99.2 Å². The van der Waals surface area contributed by atoms with Crippen LogP contribution >= 0.6 is 0 Å².